The lowest BCUT2D eigenvalue weighted by Gasteiger charge is -2.40. The van der Waals surface area contributed by atoms with Crippen molar-refractivity contribution < 1.29 is 9.59 Å². The third-order valence-electron chi connectivity index (χ3n) is 4.08. The number of piperazine rings is 1. The minimum Gasteiger partial charge on any atom is -0.342 e. The zero-order chi connectivity index (χ0) is 14.7. The fourth-order valence-electron chi connectivity index (χ4n) is 2.67. The lowest BCUT2D eigenvalue weighted by molar-refractivity contribution is -0.150. The van der Waals surface area contributed by atoms with Crippen LogP contribution in [0.25, 0.3) is 0 Å². The molecule has 2 rings (SSSR count). The Labute approximate surface area is 120 Å². The summed E-state index contributed by atoms with van der Waals surface area (Å²) in [6, 6.07) is 8.57. The number of hydrogen-bond donors (Lipinski definition) is 1. The van der Waals surface area contributed by atoms with E-state index in [2.05, 4.69) is 5.32 Å². The van der Waals surface area contributed by atoms with Gasteiger partial charge in [0.05, 0.1) is 0 Å². The minimum absolute atomic E-state index is 0.0234. The van der Waals surface area contributed by atoms with E-state index in [0.717, 1.165) is 12.0 Å². The number of nitrogens with zero attached hydrogens (tertiary/aromatic N) is 1. The van der Waals surface area contributed by atoms with E-state index in [-0.39, 0.29) is 17.7 Å². The quantitative estimate of drug-likeness (QED) is 0.914. The Morgan fingerprint density at radius 3 is 2.40 bits per heavy atom. The summed E-state index contributed by atoms with van der Waals surface area (Å²) in [6.07, 6.45) is 0.865. The number of benzene rings is 1. The highest BCUT2D eigenvalue weighted by molar-refractivity contribution is 5.97. The average Bonchev–Trinajstić information content (AvgIpc) is 2.48. The number of likely N-dealkylation sites (N-methyl/N-ethyl adjacent to an activating group) is 1. The van der Waals surface area contributed by atoms with Gasteiger partial charge in [0.25, 0.3) is 0 Å². The minimum atomic E-state index is -0.506. The van der Waals surface area contributed by atoms with Gasteiger partial charge >= 0.3 is 0 Å². The Bertz CT molecular complexity index is 487. The highest BCUT2D eigenvalue weighted by Gasteiger charge is 2.42. The molecular weight excluding hydrogens is 252 g/mol. The van der Waals surface area contributed by atoms with Crippen molar-refractivity contribution in [2.45, 2.75) is 39.3 Å². The van der Waals surface area contributed by atoms with Crippen LogP contribution in [0.1, 0.15) is 38.8 Å². The first kappa shape index (κ1) is 14.6. The van der Waals surface area contributed by atoms with Crippen LogP contribution in [-0.2, 0) is 9.59 Å². The third kappa shape index (κ3) is 2.55. The first-order chi connectivity index (χ1) is 9.60. The largest absolute Gasteiger partial charge is 0.342 e. The van der Waals surface area contributed by atoms with Crippen LogP contribution < -0.4 is 5.32 Å². The number of amides is 2. The molecule has 4 heteroatoms. The standard InChI is InChI=1S/C16H22N2O2/c1-4-11(3)13-16(20)18(5-2)14(15(19)17-13)12-9-7-6-8-10-12/h6-11,13-14H,4-5H2,1-3H3,(H,17,19). The number of hydrogen-bond acceptors (Lipinski definition) is 2. The van der Waals surface area contributed by atoms with Crippen molar-refractivity contribution in [3.05, 3.63) is 35.9 Å². The van der Waals surface area contributed by atoms with Gasteiger partial charge < -0.3 is 10.2 Å². The summed E-state index contributed by atoms with van der Waals surface area (Å²) in [6.45, 7) is 6.49. The Morgan fingerprint density at radius 1 is 1.20 bits per heavy atom. The molecule has 108 valence electrons. The summed E-state index contributed by atoms with van der Waals surface area (Å²) in [5, 5.41) is 2.90. The zero-order valence-electron chi connectivity index (χ0n) is 12.3. The van der Waals surface area contributed by atoms with E-state index in [4.69, 9.17) is 0 Å². The zero-order valence-corrected chi connectivity index (χ0v) is 12.3. The second-order valence-electron chi connectivity index (χ2n) is 5.31. The Balaban J connectivity index is 2.32. The molecule has 0 spiro atoms. The molecule has 1 N–H and O–H groups in total. The van der Waals surface area contributed by atoms with E-state index in [1.807, 2.05) is 51.1 Å². The molecule has 0 aromatic heterocycles. The molecule has 1 aromatic rings. The van der Waals surface area contributed by atoms with Gasteiger partial charge in [-0.25, -0.2) is 0 Å². The second kappa shape index (κ2) is 6.07. The summed E-state index contributed by atoms with van der Waals surface area (Å²) in [5.41, 5.74) is 0.864. The van der Waals surface area contributed by atoms with Crippen molar-refractivity contribution in [1.82, 2.24) is 10.2 Å². The van der Waals surface area contributed by atoms with Gasteiger partial charge in [-0.3, -0.25) is 9.59 Å². The molecular formula is C16H22N2O2. The van der Waals surface area contributed by atoms with E-state index >= 15 is 0 Å². The second-order valence-corrected chi connectivity index (χ2v) is 5.31. The molecule has 2 amide bonds. The molecule has 1 saturated heterocycles. The maximum absolute atomic E-state index is 12.6. The molecule has 1 aliphatic heterocycles. The topological polar surface area (TPSA) is 49.4 Å². The van der Waals surface area contributed by atoms with Gasteiger partial charge in [0.2, 0.25) is 11.8 Å². The van der Waals surface area contributed by atoms with Gasteiger partial charge in [0.1, 0.15) is 12.1 Å². The first-order valence-electron chi connectivity index (χ1n) is 7.25. The SMILES string of the molecule is CCC(C)C1NC(=O)C(c2ccccc2)N(CC)C1=O. The van der Waals surface area contributed by atoms with Gasteiger partial charge in [-0.15, -0.1) is 0 Å². The molecule has 3 atom stereocenters. The summed E-state index contributed by atoms with van der Waals surface area (Å²) < 4.78 is 0. The predicted molar refractivity (Wildman–Crippen MR) is 78.0 cm³/mol. The smallest absolute Gasteiger partial charge is 0.248 e. The van der Waals surface area contributed by atoms with Crippen molar-refractivity contribution in [2.24, 2.45) is 5.92 Å². The van der Waals surface area contributed by atoms with Crippen molar-refractivity contribution in [3.63, 3.8) is 0 Å². The summed E-state index contributed by atoms with van der Waals surface area (Å²) in [7, 11) is 0. The monoisotopic (exact) mass is 274 g/mol. The molecule has 0 aliphatic carbocycles. The van der Waals surface area contributed by atoms with E-state index in [9.17, 15) is 9.59 Å². The Hall–Kier alpha value is -1.84. The number of rotatable bonds is 4. The maximum atomic E-state index is 12.6. The van der Waals surface area contributed by atoms with Crippen LogP contribution in [-0.4, -0.2) is 29.3 Å². The van der Waals surface area contributed by atoms with Gasteiger partial charge in [0, 0.05) is 6.54 Å². The van der Waals surface area contributed by atoms with Crippen LogP contribution in [0, 0.1) is 5.92 Å². The van der Waals surface area contributed by atoms with Crippen LogP contribution in [0.5, 0.6) is 0 Å². The van der Waals surface area contributed by atoms with Crippen molar-refractivity contribution in [3.8, 4) is 0 Å². The first-order valence-corrected chi connectivity index (χ1v) is 7.25. The van der Waals surface area contributed by atoms with Gasteiger partial charge in [-0.2, -0.15) is 0 Å². The number of nitrogens with one attached hydrogen (secondary N) is 1. The van der Waals surface area contributed by atoms with Gasteiger partial charge in [-0.1, -0.05) is 50.6 Å². The number of carbonyl (C=O) groups is 2. The van der Waals surface area contributed by atoms with Crippen LogP contribution in [0.2, 0.25) is 0 Å². The van der Waals surface area contributed by atoms with Crippen LogP contribution in [0.15, 0.2) is 30.3 Å². The van der Waals surface area contributed by atoms with Crippen molar-refractivity contribution in [1.29, 1.82) is 0 Å². The molecule has 4 nitrogen and oxygen atoms in total. The van der Waals surface area contributed by atoms with Gasteiger partial charge in [0.15, 0.2) is 0 Å². The Kier molecular flexibility index (Phi) is 4.42. The van der Waals surface area contributed by atoms with Crippen LogP contribution in [0.4, 0.5) is 0 Å². The molecule has 3 unspecified atom stereocenters. The number of carbonyl (C=O) groups excluding carboxylic acids is 2. The molecule has 1 aliphatic rings. The highest BCUT2D eigenvalue weighted by atomic mass is 16.2. The molecule has 1 heterocycles. The summed E-state index contributed by atoms with van der Waals surface area (Å²) in [4.78, 5) is 26.7. The predicted octanol–water partition coefficient (Wildman–Crippen LogP) is 2.12. The van der Waals surface area contributed by atoms with E-state index < -0.39 is 12.1 Å². The fraction of sp³-hybridized carbons (Fsp3) is 0.500. The fourth-order valence-corrected chi connectivity index (χ4v) is 2.67. The molecule has 0 saturated carbocycles. The van der Waals surface area contributed by atoms with E-state index in [0.29, 0.717) is 6.54 Å². The lowest BCUT2D eigenvalue weighted by Crippen LogP contribution is -2.61. The average molecular weight is 274 g/mol. The van der Waals surface area contributed by atoms with Gasteiger partial charge in [-0.05, 0) is 18.4 Å². The molecule has 1 aromatic carbocycles. The molecule has 0 radical (unpaired) electrons. The maximum Gasteiger partial charge on any atom is 0.248 e. The van der Waals surface area contributed by atoms with Crippen molar-refractivity contribution >= 4 is 11.8 Å². The molecule has 1 fully saturated rings. The lowest BCUT2D eigenvalue weighted by atomic mass is 9.92. The van der Waals surface area contributed by atoms with Crippen LogP contribution >= 0.6 is 0 Å². The third-order valence-corrected chi connectivity index (χ3v) is 4.08. The highest BCUT2D eigenvalue weighted by Crippen LogP contribution is 2.27. The van der Waals surface area contributed by atoms with E-state index in [1.54, 1.807) is 4.90 Å². The Morgan fingerprint density at radius 2 is 1.85 bits per heavy atom. The summed E-state index contributed by atoms with van der Waals surface area (Å²) >= 11 is 0. The molecule has 0 bridgehead atoms. The summed E-state index contributed by atoms with van der Waals surface area (Å²) in [5.74, 6) is 0.0930. The van der Waals surface area contributed by atoms with E-state index in [1.165, 1.54) is 0 Å². The van der Waals surface area contributed by atoms with Crippen LogP contribution in [0.3, 0.4) is 0 Å². The molecule has 20 heavy (non-hydrogen) atoms. The normalized spacial score (nSPS) is 24.4. The van der Waals surface area contributed by atoms with Crippen molar-refractivity contribution in [2.75, 3.05) is 6.54 Å².